The summed E-state index contributed by atoms with van der Waals surface area (Å²) in [5, 5.41) is 0. The molecule has 1 unspecified atom stereocenters. The molecule has 0 aromatic heterocycles. The quantitative estimate of drug-likeness (QED) is 0.477. The van der Waals surface area contributed by atoms with Crippen LogP contribution in [0.1, 0.15) is 30.6 Å². The molecule has 2 aromatic rings. The van der Waals surface area contributed by atoms with Crippen molar-refractivity contribution in [2.75, 3.05) is 14.2 Å². The number of rotatable bonds is 8. The number of hydrogen-bond donors (Lipinski definition) is 0. The lowest BCUT2D eigenvalue weighted by Gasteiger charge is -2.20. The van der Waals surface area contributed by atoms with E-state index in [2.05, 4.69) is 20.4 Å². The van der Waals surface area contributed by atoms with E-state index >= 15 is 0 Å². The zero-order valence-corrected chi connectivity index (χ0v) is 15.4. The summed E-state index contributed by atoms with van der Waals surface area (Å²) >= 11 is 0. The lowest BCUT2D eigenvalue weighted by molar-refractivity contribution is 0.0888. The van der Waals surface area contributed by atoms with Crippen molar-refractivity contribution in [3.63, 3.8) is 0 Å². The second-order valence-electron chi connectivity index (χ2n) is 6.38. The van der Waals surface area contributed by atoms with Gasteiger partial charge in [0.05, 0.1) is 14.2 Å². The van der Waals surface area contributed by atoms with Gasteiger partial charge in [0, 0.05) is 11.5 Å². The Balaban J connectivity index is 2.53. The van der Waals surface area contributed by atoms with E-state index < -0.39 is 0 Å². The van der Waals surface area contributed by atoms with E-state index in [0.29, 0.717) is 12.0 Å². The molecule has 3 heteroatoms. The molecule has 0 N–H and O–H groups in total. The van der Waals surface area contributed by atoms with Crippen LogP contribution in [0, 0.1) is 11.8 Å². The summed E-state index contributed by atoms with van der Waals surface area (Å²) in [4.78, 5) is 13.2. The minimum absolute atomic E-state index is 0.0807. The van der Waals surface area contributed by atoms with E-state index in [1.54, 1.807) is 14.2 Å². The molecule has 0 amide bonds. The average molecular weight is 338 g/mol. The van der Waals surface area contributed by atoms with Crippen LogP contribution in [0.25, 0.3) is 11.1 Å². The number of Topliss-reactive ketones (excluding diaryl/α,β-unsaturated/α-hetero) is 1. The molecule has 0 aliphatic heterocycles. The second kappa shape index (κ2) is 8.52. The predicted molar refractivity (Wildman–Crippen MR) is 102 cm³/mol. The van der Waals surface area contributed by atoms with Gasteiger partial charge in [-0.1, -0.05) is 32.1 Å². The molecular formula is C22H26O3. The zero-order valence-electron chi connectivity index (χ0n) is 15.4. The Labute approximate surface area is 150 Å². The fourth-order valence-corrected chi connectivity index (χ4v) is 2.94. The topological polar surface area (TPSA) is 35.5 Å². The van der Waals surface area contributed by atoms with E-state index in [9.17, 15) is 4.79 Å². The van der Waals surface area contributed by atoms with Gasteiger partial charge in [-0.25, -0.2) is 0 Å². The molecule has 3 nitrogen and oxygen atoms in total. The molecule has 0 saturated carbocycles. The molecule has 25 heavy (non-hydrogen) atoms. The summed E-state index contributed by atoms with van der Waals surface area (Å²) in [5.74, 6) is 1.82. The van der Waals surface area contributed by atoms with Gasteiger partial charge in [0.15, 0.2) is 5.78 Å². The van der Waals surface area contributed by atoms with Crippen LogP contribution in [0.5, 0.6) is 11.5 Å². The van der Waals surface area contributed by atoms with Gasteiger partial charge in [0.25, 0.3) is 0 Å². The summed E-state index contributed by atoms with van der Waals surface area (Å²) < 4.78 is 10.6. The molecule has 132 valence electrons. The van der Waals surface area contributed by atoms with Crippen LogP contribution in [0.15, 0.2) is 55.1 Å². The summed E-state index contributed by atoms with van der Waals surface area (Å²) in [6.45, 7) is 7.94. The van der Waals surface area contributed by atoms with Crippen LogP contribution >= 0.6 is 0 Å². The lowest BCUT2D eigenvalue weighted by Crippen LogP contribution is -2.20. The first-order valence-corrected chi connectivity index (χ1v) is 8.49. The Kier molecular flexibility index (Phi) is 6.40. The van der Waals surface area contributed by atoms with Crippen molar-refractivity contribution in [3.8, 4) is 22.6 Å². The van der Waals surface area contributed by atoms with Crippen molar-refractivity contribution in [2.45, 2.75) is 20.3 Å². The predicted octanol–water partition coefficient (Wildman–Crippen LogP) is 5.40. The van der Waals surface area contributed by atoms with Crippen LogP contribution < -0.4 is 9.47 Å². The Bertz CT molecular complexity index is 729. The molecule has 0 aliphatic rings. The minimum Gasteiger partial charge on any atom is -0.497 e. The number of methoxy groups -OCH3 is 2. The van der Waals surface area contributed by atoms with Gasteiger partial charge >= 0.3 is 0 Å². The molecule has 0 heterocycles. The summed E-state index contributed by atoms with van der Waals surface area (Å²) in [6.07, 6.45) is 2.49. The molecule has 2 aromatic carbocycles. The number of ether oxygens (including phenoxy) is 2. The Hall–Kier alpha value is -2.55. The molecule has 0 spiro atoms. The largest absolute Gasteiger partial charge is 0.497 e. The number of benzene rings is 2. The van der Waals surface area contributed by atoms with Crippen LogP contribution in [-0.2, 0) is 0 Å². The highest BCUT2D eigenvalue weighted by molar-refractivity contribution is 6.04. The van der Waals surface area contributed by atoms with Crippen LogP contribution in [0.3, 0.4) is 0 Å². The van der Waals surface area contributed by atoms with E-state index in [1.165, 1.54) is 0 Å². The van der Waals surface area contributed by atoms with E-state index in [4.69, 9.17) is 9.47 Å². The maximum Gasteiger partial charge on any atom is 0.167 e. The standard InChI is InChI=1S/C22H26O3/c1-6-7-19(15(2)3)22(23)20-13-12-18(25-5)14-21(20)16-8-10-17(24-4)11-9-16/h6,8-15,19H,1,7H2,2-5H3. The third-order valence-electron chi connectivity index (χ3n) is 4.46. The Morgan fingerprint density at radius 1 is 1.04 bits per heavy atom. The molecule has 2 rings (SSSR count). The van der Waals surface area contributed by atoms with E-state index in [0.717, 1.165) is 22.6 Å². The molecule has 1 atom stereocenters. The zero-order chi connectivity index (χ0) is 18.4. The molecule has 0 radical (unpaired) electrons. The van der Waals surface area contributed by atoms with E-state index in [-0.39, 0.29) is 17.6 Å². The van der Waals surface area contributed by atoms with Crippen molar-refractivity contribution < 1.29 is 14.3 Å². The minimum atomic E-state index is -0.0807. The van der Waals surface area contributed by atoms with Crippen molar-refractivity contribution in [2.24, 2.45) is 11.8 Å². The highest BCUT2D eigenvalue weighted by Crippen LogP contribution is 2.33. The average Bonchev–Trinajstić information content (AvgIpc) is 2.64. The Morgan fingerprint density at radius 2 is 1.64 bits per heavy atom. The molecule has 0 saturated heterocycles. The van der Waals surface area contributed by atoms with Crippen LogP contribution in [0.2, 0.25) is 0 Å². The molecule has 0 fully saturated rings. The lowest BCUT2D eigenvalue weighted by atomic mass is 9.83. The van der Waals surface area contributed by atoms with Crippen molar-refractivity contribution in [3.05, 3.63) is 60.7 Å². The third-order valence-corrected chi connectivity index (χ3v) is 4.46. The van der Waals surface area contributed by atoms with Crippen molar-refractivity contribution >= 4 is 5.78 Å². The van der Waals surface area contributed by atoms with Gasteiger partial charge in [-0.15, -0.1) is 6.58 Å². The van der Waals surface area contributed by atoms with Gasteiger partial charge in [0.1, 0.15) is 11.5 Å². The number of hydrogen-bond acceptors (Lipinski definition) is 3. The van der Waals surface area contributed by atoms with Crippen molar-refractivity contribution in [1.29, 1.82) is 0 Å². The van der Waals surface area contributed by atoms with Gasteiger partial charge < -0.3 is 9.47 Å². The fourth-order valence-electron chi connectivity index (χ4n) is 2.94. The van der Waals surface area contributed by atoms with Crippen LogP contribution in [0.4, 0.5) is 0 Å². The summed E-state index contributed by atoms with van der Waals surface area (Å²) in [7, 11) is 3.27. The smallest absolute Gasteiger partial charge is 0.167 e. The third kappa shape index (κ3) is 4.30. The number of allylic oxidation sites excluding steroid dienone is 1. The van der Waals surface area contributed by atoms with E-state index in [1.807, 2.05) is 48.5 Å². The number of ketones is 1. The first-order chi connectivity index (χ1) is 12.0. The highest BCUT2D eigenvalue weighted by Gasteiger charge is 2.25. The highest BCUT2D eigenvalue weighted by atomic mass is 16.5. The fraction of sp³-hybridized carbons (Fsp3) is 0.318. The SMILES string of the molecule is C=CCC(C(=O)c1ccc(OC)cc1-c1ccc(OC)cc1)C(C)C. The molecule has 0 bridgehead atoms. The normalized spacial score (nSPS) is 11.9. The van der Waals surface area contributed by atoms with Gasteiger partial charge in [-0.2, -0.15) is 0 Å². The second-order valence-corrected chi connectivity index (χ2v) is 6.38. The van der Waals surface area contributed by atoms with Gasteiger partial charge in [0.2, 0.25) is 0 Å². The van der Waals surface area contributed by atoms with Gasteiger partial charge in [-0.05, 0) is 53.8 Å². The van der Waals surface area contributed by atoms with Crippen LogP contribution in [-0.4, -0.2) is 20.0 Å². The maximum atomic E-state index is 13.2. The van der Waals surface area contributed by atoms with Crippen molar-refractivity contribution in [1.82, 2.24) is 0 Å². The Morgan fingerprint density at radius 3 is 2.16 bits per heavy atom. The van der Waals surface area contributed by atoms with Gasteiger partial charge in [-0.3, -0.25) is 4.79 Å². The molecule has 0 aliphatic carbocycles. The number of carbonyl (C=O) groups excluding carboxylic acids is 1. The first kappa shape index (κ1) is 18.8. The monoisotopic (exact) mass is 338 g/mol. The molecular weight excluding hydrogens is 312 g/mol. The maximum absolute atomic E-state index is 13.2. The first-order valence-electron chi connectivity index (χ1n) is 8.49. The summed E-state index contributed by atoms with van der Waals surface area (Å²) in [5.41, 5.74) is 2.55. The summed E-state index contributed by atoms with van der Waals surface area (Å²) in [6, 6.07) is 13.3. The number of carbonyl (C=O) groups is 1.